The maximum atomic E-state index is 13.8. The number of aromatic nitrogens is 1. The number of sulfonamides is 1. The summed E-state index contributed by atoms with van der Waals surface area (Å²) < 4.78 is 37.5. The lowest BCUT2D eigenvalue weighted by Crippen LogP contribution is -2.58. The molecule has 11 nitrogen and oxygen atoms in total. The van der Waals surface area contributed by atoms with Crippen LogP contribution in [0.25, 0.3) is 11.1 Å². The van der Waals surface area contributed by atoms with E-state index < -0.39 is 27.9 Å². The topological polar surface area (TPSA) is 130 Å². The van der Waals surface area contributed by atoms with Crippen molar-refractivity contribution in [2.45, 2.75) is 30.8 Å². The normalized spacial score (nSPS) is 15.0. The second-order valence-electron chi connectivity index (χ2n) is 10.1. The van der Waals surface area contributed by atoms with Gasteiger partial charge < -0.3 is 19.5 Å². The minimum absolute atomic E-state index is 0.0395. The number of piperazine rings is 1. The van der Waals surface area contributed by atoms with Gasteiger partial charge >= 0.3 is 0 Å². The molecule has 2 aromatic heterocycles. The highest BCUT2D eigenvalue weighted by molar-refractivity contribution is 7.89. The van der Waals surface area contributed by atoms with Crippen LogP contribution in [0, 0.1) is 0 Å². The third kappa shape index (κ3) is 7.04. The lowest BCUT2D eigenvalue weighted by atomic mass is 10.1. The van der Waals surface area contributed by atoms with Crippen molar-refractivity contribution in [3.8, 4) is 16.9 Å². The highest BCUT2D eigenvalue weighted by atomic mass is 35.5. The number of pyridine rings is 1. The van der Waals surface area contributed by atoms with Gasteiger partial charge in [0.05, 0.1) is 21.9 Å². The predicted octanol–water partition coefficient (Wildman–Crippen LogP) is 2.41. The van der Waals surface area contributed by atoms with Crippen LogP contribution in [-0.2, 0) is 21.9 Å². The van der Waals surface area contributed by atoms with E-state index in [1.165, 1.54) is 23.8 Å². The smallest absolute Gasteiger partial charge is 0.261 e. The third-order valence-electron chi connectivity index (χ3n) is 7.10. The number of thiophene rings is 1. The van der Waals surface area contributed by atoms with Gasteiger partial charge in [-0.15, -0.1) is 11.3 Å². The Balaban J connectivity index is 1.65. The molecule has 0 saturated carbocycles. The maximum absolute atomic E-state index is 13.8. The average Bonchev–Trinajstić information content (AvgIpc) is 3.42. The molecule has 1 saturated heterocycles. The van der Waals surface area contributed by atoms with E-state index in [9.17, 15) is 22.8 Å². The molecule has 1 aliphatic rings. The van der Waals surface area contributed by atoms with Gasteiger partial charge in [-0.2, -0.15) is 4.72 Å². The molecule has 1 aliphatic heterocycles. The Bertz CT molecular complexity index is 1610. The summed E-state index contributed by atoms with van der Waals surface area (Å²) in [5, 5.41) is 2.67. The van der Waals surface area contributed by atoms with Gasteiger partial charge in [-0.1, -0.05) is 23.7 Å². The van der Waals surface area contributed by atoms with Gasteiger partial charge in [-0.05, 0) is 44.2 Å². The molecule has 0 radical (unpaired) electrons. The van der Waals surface area contributed by atoms with Crippen molar-refractivity contribution in [1.29, 1.82) is 0 Å². The Kier molecular flexibility index (Phi) is 10.1. The largest absolute Gasteiger partial charge is 0.495 e. The number of halogens is 1. The zero-order chi connectivity index (χ0) is 30.6. The first-order chi connectivity index (χ1) is 19.9. The quantitative estimate of drug-likeness (QED) is 0.350. The Morgan fingerprint density at radius 2 is 1.74 bits per heavy atom. The number of para-hydroxylation sites is 1. The molecule has 1 atom stereocenters. The summed E-state index contributed by atoms with van der Waals surface area (Å²) in [6.07, 6.45) is 1.59. The summed E-state index contributed by atoms with van der Waals surface area (Å²) in [5.41, 5.74) is 0.215. The molecule has 0 aliphatic carbocycles. The summed E-state index contributed by atoms with van der Waals surface area (Å²) in [6, 6.07) is 9.84. The molecule has 2 N–H and O–H groups in total. The molecular formula is C28H34ClN5O6S2. The monoisotopic (exact) mass is 635 g/mol. The van der Waals surface area contributed by atoms with Crippen LogP contribution in [0.5, 0.6) is 5.75 Å². The second kappa shape index (κ2) is 13.4. The van der Waals surface area contributed by atoms with Crippen molar-refractivity contribution in [2.75, 3.05) is 39.8 Å². The van der Waals surface area contributed by atoms with Crippen LogP contribution >= 0.6 is 22.9 Å². The molecule has 14 heteroatoms. The molecule has 0 unspecified atom stereocenters. The molecule has 0 spiro atoms. The van der Waals surface area contributed by atoms with Crippen molar-refractivity contribution in [2.24, 2.45) is 7.05 Å². The van der Waals surface area contributed by atoms with Gasteiger partial charge in [0.25, 0.3) is 11.5 Å². The fourth-order valence-corrected chi connectivity index (χ4v) is 7.12. The van der Waals surface area contributed by atoms with E-state index in [4.69, 9.17) is 16.3 Å². The molecule has 1 aromatic carbocycles. The van der Waals surface area contributed by atoms with E-state index in [2.05, 4.69) is 28.8 Å². The Morgan fingerprint density at radius 1 is 1.05 bits per heavy atom. The zero-order valence-electron chi connectivity index (χ0n) is 23.8. The van der Waals surface area contributed by atoms with Crippen molar-refractivity contribution in [1.82, 2.24) is 24.4 Å². The minimum Gasteiger partial charge on any atom is -0.495 e. The van der Waals surface area contributed by atoms with Gasteiger partial charge in [0.1, 0.15) is 16.7 Å². The van der Waals surface area contributed by atoms with Crippen molar-refractivity contribution in [3.05, 3.63) is 68.2 Å². The van der Waals surface area contributed by atoms with Crippen LogP contribution in [-0.4, -0.2) is 86.5 Å². The standard InChI is InChI=1S/C28H34ClN5O6S2/c1-18(2)33-13-15-34(16-14-33)28(37)21(17-30-26(35)22-10-11-24(29)41-22)31-42(38,39)23-9-5-7-19(25(23)40-4)20-8-6-12-32(3)27(20)36/h5-12,18,21,31H,13-17H2,1-4H3,(H,30,35)/t21-/m0/s1. The third-order valence-corrected chi connectivity index (χ3v) is 9.83. The summed E-state index contributed by atoms with van der Waals surface area (Å²) >= 11 is 7.03. The van der Waals surface area contributed by atoms with Crippen molar-refractivity contribution in [3.63, 3.8) is 0 Å². The molecule has 1 fully saturated rings. The highest BCUT2D eigenvalue weighted by Gasteiger charge is 2.34. The summed E-state index contributed by atoms with van der Waals surface area (Å²) in [7, 11) is -1.48. The number of nitrogens with one attached hydrogen (secondary N) is 2. The first kappa shape index (κ1) is 31.7. The van der Waals surface area contributed by atoms with Gasteiger partial charge in [0.15, 0.2) is 0 Å². The van der Waals surface area contributed by atoms with E-state index in [1.54, 1.807) is 48.5 Å². The number of ether oxygens (including phenoxy) is 1. The zero-order valence-corrected chi connectivity index (χ0v) is 26.2. The molecule has 4 rings (SSSR count). The van der Waals surface area contributed by atoms with Gasteiger partial charge in [-0.25, -0.2) is 8.42 Å². The first-order valence-corrected chi connectivity index (χ1v) is 16.0. The van der Waals surface area contributed by atoms with Crippen molar-refractivity contribution >= 4 is 44.8 Å². The number of aryl methyl sites for hydroxylation is 1. The molecule has 0 bridgehead atoms. The molecule has 42 heavy (non-hydrogen) atoms. The van der Waals surface area contributed by atoms with Crippen LogP contribution in [0.2, 0.25) is 4.34 Å². The fourth-order valence-electron chi connectivity index (χ4n) is 4.78. The van der Waals surface area contributed by atoms with E-state index in [-0.39, 0.29) is 33.9 Å². The Hall–Kier alpha value is -3.23. The number of amides is 2. The van der Waals surface area contributed by atoms with Crippen LogP contribution in [0.15, 0.2) is 58.4 Å². The summed E-state index contributed by atoms with van der Waals surface area (Å²) in [4.78, 5) is 43.2. The van der Waals surface area contributed by atoms with Crippen LogP contribution in [0.1, 0.15) is 23.5 Å². The second-order valence-corrected chi connectivity index (χ2v) is 13.5. The molecular weight excluding hydrogens is 602 g/mol. The Morgan fingerprint density at radius 3 is 2.36 bits per heavy atom. The van der Waals surface area contributed by atoms with Crippen LogP contribution in [0.4, 0.5) is 0 Å². The number of hydrogen-bond donors (Lipinski definition) is 2. The number of methoxy groups -OCH3 is 1. The molecule has 3 aromatic rings. The van der Waals surface area contributed by atoms with E-state index in [0.717, 1.165) is 11.3 Å². The van der Waals surface area contributed by atoms with Gasteiger partial charge in [0.2, 0.25) is 15.9 Å². The minimum atomic E-state index is -4.38. The lowest BCUT2D eigenvalue weighted by molar-refractivity contribution is -0.134. The van der Waals surface area contributed by atoms with E-state index in [0.29, 0.717) is 41.4 Å². The Labute approximate surface area is 254 Å². The number of benzene rings is 1. The average molecular weight is 636 g/mol. The SMILES string of the molecule is COc1c(-c2cccn(C)c2=O)cccc1S(=O)(=O)N[C@@H](CNC(=O)c1ccc(Cl)s1)C(=O)N1CCN(C(C)C)CC1. The number of carbonyl (C=O) groups is 2. The number of hydrogen-bond acceptors (Lipinski definition) is 8. The predicted molar refractivity (Wildman–Crippen MR) is 163 cm³/mol. The highest BCUT2D eigenvalue weighted by Crippen LogP contribution is 2.34. The summed E-state index contributed by atoms with van der Waals surface area (Å²) in [5.74, 6) is -0.978. The van der Waals surface area contributed by atoms with Gasteiger partial charge in [0, 0.05) is 57.6 Å². The summed E-state index contributed by atoms with van der Waals surface area (Å²) in [6.45, 7) is 5.98. The van der Waals surface area contributed by atoms with Gasteiger partial charge in [-0.3, -0.25) is 19.3 Å². The van der Waals surface area contributed by atoms with Crippen LogP contribution < -0.4 is 20.3 Å². The fraction of sp³-hybridized carbons (Fsp3) is 0.393. The van der Waals surface area contributed by atoms with E-state index in [1.807, 2.05) is 0 Å². The maximum Gasteiger partial charge on any atom is 0.261 e. The first-order valence-electron chi connectivity index (χ1n) is 13.3. The lowest BCUT2D eigenvalue weighted by Gasteiger charge is -2.38. The molecule has 3 heterocycles. The number of nitrogens with zero attached hydrogens (tertiary/aromatic N) is 3. The number of rotatable bonds is 10. The number of carbonyl (C=O) groups excluding carboxylic acids is 2. The van der Waals surface area contributed by atoms with Crippen LogP contribution in [0.3, 0.4) is 0 Å². The molecule has 2 amide bonds. The van der Waals surface area contributed by atoms with Crippen molar-refractivity contribution < 1.29 is 22.7 Å². The van der Waals surface area contributed by atoms with E-state index >= 15 is 0 Å². The molecule has 226 valence electrons.